The number of hydrogen-bond donors (Lipinski definition) is 0. The molecule has 1 aromatic rings. The highest BCUT2D eigenvalue weighted by atomic mass is 35.5. The van der Waals surface area contributed by atoms with Crippen molar-refractivity contribution in [2.45, 2.75) is 53.6 Å². The van der Waals surface area contributed by atoms with Crippen LogP contribution in [0, 0.1) is 12.8 Å². The van der Waals surface area contributed by atoms with Gasteiger partial charge in [-0.15, -0.1) is 0 Å². The van der Waals surface area contributed by atoms with Crippen LogP contribution in [0.1, 0.15) is 51.9 Å². The Balaban J connectivity index is 3.05. The quantitative estimate of drug-likeness (QED) is 0.764. The molecule has 0 radical (unpaired) electrons. The van der Waals surface area contributed by atoms with Crippen LogP contribution in [-0.4, -0.2) is 16.1 Å². The van der Waals surface area contributed by atoms with Gasteiger partial charge >= 0.3 is 0 Å². The molecule has 0 bridgehead atoms. The Labute approximate surface area is 109 Å². The van der Waals surface area contributed by atoms with Crippen LogP contribution in [0.25, 0.3) is 0 Å². The van der Waals surface area contributed by atoms with Crippen LogP contribution >= 0.6 is 11.6 Å². The van der Waals surface area contributed by atoms with E-state index in [1.165, 1.54) is 0 Å². The summed E-state index contributed by atoms with van der Waals surface area (Å²) in [5, 5.41) is 0.481. The fraction of sp³-hybridized carbons (Fsp3) is 0.692. The number of halogens is 1. The zero-order chi connectivity index (χ0) is 13.2. The predicted molar refractivity (Wildman–Crippen MR) is 70.8 cm³/mol. The predicted octanol–water partition coefficient (Wildman–Crippen LogP) is 3.99. The molecule has 96 valence electrons. The molecule has 0 aromatic carbocycles. The van der Waals surface area contributed by atoms with Gasteiger partial charge in [0, 0.05) is 11.5 Å². The van der Waals surface area contributed by atoms with Crippen molar-refractivity contribution in [2.75, 3.05) is 0 Å². The summed E-state index contributed by atoms with van der Waals surface area (Å²) in [6, 6.07) is 0. The number of nitrogens with zero attached hydrogens (tertiary/aromatic N) is 2. The van der Waals surface area contributed by atoms with Gasteiger partial charge in [-0.05, 0) is 19.8 Å². The van der Waals surface area contributed by atoms with Crippen molar-refractivity contribution < 1.29 is 4.74 Å². The minimum absolute atomic E-state index is 0.111. The van der Waals surface area contributed by atoms with Crippen molar-refractivity contribution in [1.82, 2.24) is 9.97 Å². The van der Waals surface area contributed by atoms with E-state index in [4.69, 9.17) is 16.3 Å². The van der Waals surface area contributed by atoms with Crippen molar-refractivity contribution >= 4 is 11.6 Å². The second-order valence-corrected chi connectivity index (χ2v) is 5.38. The first kappa shape index (κ1) is 14.2. The molecule has 0 amide bonds. The monoisotopic (exact) mass is 256 g/mol. The van der Waals surface area contributed by atoms with Gasteiger partial charge < -0.3 is 4.74 Å². The number of aromatic nitrogens is 2. The lowest BCUT2D eigenvalue weighted by molar-refractivity contribution is 0.161. The van der Waals surface area contributed by atoms with Crippen molar-refractivity contribution in [3.05, 3.63) is 16.5 Å². The van der Waals surface area contributed by atoms with Crippen LogP contribution in [-0.2, 0) is 0 Å². The van der Waals surface area contributed by atoms with Gasteiger partial charge in [0.15, 0.2) is 0 Å². The highest BCUT2D eigenvalue weighted by Crippen LogP contribution is 2.26. The Bertz CT molecular complexity index is 391. The van der Waals surface area contributed by atoms with Crippen LogP contribution < -0.4 is 4.74 Å². The zero-order valence-electron chi connectivity index (χ0n) is 11.4. The number of rotatable bonds is 4. The van der Waals surface area contributed by atoms with Crippen molar-refractivity contribution in [3.63, 3.8) is 0 Å². The summed E-state index contributed by atoms with van der Waals surface area (Å²) in [6.45, 7) is 12.2. The van der Waals surface area contributed by atoms with E-state index in [1.807, 2.05) is 27.7 Å². The van der Waals surface area contributed by atoms with Gasteiger partial charge in [-0.25, -0.2) is 4.98 Å². The molecule has 0 saturated carbocycles. The molecule has 1 unspecified atom stereocenters. The Morgan fingerprint density at radius 1 is 1.06 bits per heavy atom. The molecule has 17 heavy (non-hydrogen) atoms. The van der Waals surface area contributed by atoms with E-state index in [1.54, 1.807) is 0 Å². The molecule has 3 nitrogen and oxygen atoms in total. The van der Waals surface area contributed by atoms with Crippen LogP contribution in [0.2, 0.25) is 5.15 Å². The molecule has 0 spiro atoms. The third-order valence-electron chi connectivity index (χ3n) is 2.81. The van der Waals surface area contributed by atoms with Crippen molar-refractivity contribution in [3.8, 4) is 5.88 Å². The van der Waals surface area contributed by atoms with Crippen LogP contribution in [0.15, 0.2) is 0 Å². The first-order chi connectivity index (χ1) is 7.82. The van der Waals surface area contributed by atoms with E-state index in [0.29, 0.717) is 17.0 Å². The van der Waals surface area contributed by atoms with E-state index in [2.05, 4.69) is 23.8 Å². The molecule has 1 rings (SSSR count). The second-order valence-electron chi connectivity index (χ2n) is 5.02. The van der Waals surface area contributed by atoms with Gasteiger partial charge in [-0.3, -0.25) is 0 Å². The highest BCUT2D eigenvalue weighted by molar-refractivity contribution is 6.30. The Morgan fingerprint density at radius 2 is 1.65 bits per heavy atom. The summed E-state index contributed by atoms with van der Waals surface area (Å²) in [6.07, 6.45) is 0.111. The van der Waals surface area contributed by atoms with E-state index in [-0.39, 0.29) is 12.0 Å². The molecule has 0 aliphatic carbocycles. The SMILES string of the molecule is Cc1c(Cl)nc(C(C)C)nc1OC(C)C(C)C. The third-order valence-corrected chi connectivity index (χ3v) is 3.18. The lowest BCUT2D eigenvalue weighted by atomic mass is 10.1. The van der Waals surface area contributed by atoms with E-state index < -0.39 is 0 Å². The van der Waals surface area contributed by atoms with Gasteiger partial charge in [-0.1, -0.05) is 39.3 Å². The Hall–Kier alpha value is -0.830. The maximum Gasteiger partial charge on any atom is 0.221 e. The maximum absolute atomic E-state index is 6.09. The molecule has 1 heterocycles. The molecular weight excluding hydrogens is 236 g/mol. The van der Waals surface area contributed by atoms with Crippen LogP contribution in [0.5, 0.6) is 5.88 Å². The van der Waals surface area contributed by atoms with Gasteiger partial charge in [0.2, 0.25) is 5.88 Å². The average molecular weight is 257 g/mol. The van der Waals surface area contributed by atoms with E-state index in [9.17, 15) is 0 Å². The third kappa shape index (κ3) is 3.56. The number of hydrogen-bond acceptors (Lipinski definition) is 3. The fourth-order valence-electron chi connectivity index (χ4n) is 1.17. The minimum Gasteiger partial charge on any atom is -0.474 e. The van der Waals surface area contributed by atoms with Gasteiger partial charge in [0.25, 0.3) is 0 Å². The normalized spacial score (nSPS) is 13.2. The van der Waals surface area contributed by atoms with Crippen LogP contribution in [0.4, 0.5) is 0 Å². The molecule has 0 aliphatic rings. The molecule has 1 atom stereocenters. The summed E-state index contributed by atoms with van der Waals surface area (Å²) in [5.74, 6) is 2.01. The zero-order valence-corrected chi connectivity index (χ0v) is 12.2. The van der Waals surface area contributed by atoms with E-state index in [0.717, 1.165) is 11.4 Å². The van der Waals surface area contributed by atoms with Gasteiger partial charge in [-0.2, -0.15) is 4.98 Å². The summed E-state index contributed by atoms with van der Waals surface area (Å²) >= 11 is 6.09. The van der Waals surface area contributed by atoms with Gasteiger partial charge in [0.1, 0.15) is 11.0 Å². The number of ether oxygens (including phenoxy) is 1. The summed E-state index contributed by atoms with van der Waals surface area (Å²) in [5.41, 5.74) is 0.809. The molecule has 1 aromatic heterocycles. The summed E-state index contributed by atoms with van der Waals surface area (Å²) in [4.78, 5) is 8.70. The van der Waals surface area contributed by atoms with Crippen molar-refractivity contribution in [1.29, 1.82) is 0 Å². The molecule has 0 N–H and O–H groups in total. The van der Waals surface area contributed by atoms with Gasteiger partial charge in [0.05, 0.1) is 6.10 Å². The molecule has 0 saturated heterocycles. The first-order valence-corrected chi connectivity index (χ1v) is 6.41. The lowest BCUT2D eigenvalue weighted by Gasteiger charge is -2.19. The molecule has 0 aliphatic heterocycles. The second kappa shape index (κ2) is 5.67. The largest absolute Gasteiger partial charge is 0.474 e. The Kier molecular flexibility index (Phi) is 4.75. The summed E-state index contributed by atoms with van der Waals surface area (Å²) in [7, 11) is 0. The highest BCUT2D eigenvalue weighted by Gasteiger charge is 2.16. The molecule has 0 fully saturated rings. The van der Waals surface area contributed by atoms with Crippen LogP contribution in [0.3, 0.4) is 0 Å². The first-order valence-electron chi connectivity index (χ1n) is 6.03. The molecular formula is C13H21ClN2O. The van der Waals surface area contributed by atoms with E-state index >= 15 is 0 Å². The summed E-state index contributed by atoms with van der Waals surface area (Å²) < 4.78 is 5.84. The minimum atomic E-state index is 0.111. The lowest BCUT2D eigenvalue weighted by Crippen LogP contribution is -2.20. The maximum atomic E-state index is 6.09. The standard InChI is InChI=1S/C13H21ClN2O/c1-7(2)10(6)17-13-9(5)11(14)15-12(16-13)8(3)4/h7-8,10H,1-6H3. The molecule has 4 heteroatoms. The Morgan fingerprint density at radius 3 is 2.12 bits per heavy atom. The fourth-order valence-corrected chi connectivity index (χ4v) is 1.34. The topological polar surface area (TPSA) is 35.0 Å². The smallest absolute Gasteiger partial charge is 0.221 e. The van der Waals surface area contributed by atoms with Crippen molar-refractivity contribution in [2.24, 2.45) is 5.92 Å². The average Bonchev–Trinajstić information content (AvgIpc) is 2.23.